The van der Waals surface area contributed by atoms with Gasteiger partial charge in [0.2, 0.25) is 5.91 Å². The zero-order valence-corrected chi connectivity index (χ0v) is 18.6. The number of hydrogen-bond donors (Lipinski definition) is 3. The van der Waals surface area contributed by atoms with Gasteiger partial charge in [-0.1, -0.05) is 39.3 Å². The van der Waals surface area contributed by atoms with Gasteiger partial charge in [0.25, 0.3) is 5.91 Å². The van der Waals surface area contributed by atoms with Gasteiger partial charge in [0.05, 0.1) is 6.61 Å². The van der Waals surface area contributed by atoms with E-state index in [0.29, 0.717) is 24.6 Å². The maximum atomic E-state index is 12.7. The Morgan fingerprint density at radius 2 is 1.87 bits per heavy atom. The van der Waals surface area contributed by atoms with Gasteiger partial charge in [0, 0.05) is 24.9 Å². The topological polar surface area (TPSA) is 99.8 Å². The lowest BCUT2D eigenvalue weighted by Crippen LogP contribution is -2.53. The highest BCUT2D eigenvalue weighted by Gasteiger charge is 2.24. The highest BCUT2D eigenvalue weighted by Crippen LogP contribution is 2.08. The summed E-state index contributed by atoms with van der Waals surface area (Å²) in [6, 6.07) is 5.98. The molecule has 0 unspecified atom stereocenters. The Labute approximate surface area is 184 Å². The molecule has 1 heterocycles. The molecule has 0 fully saturated rings. The Hall–Kier alpha value is -2.87. The molecule has 0 spiro atoms. The number of benzene rings is 1. The molecule has 8 heteroatoms. The summed E-state index contributed by atoms with van der Waals surface area (Å²) in [7, 11) is 0. The molecule has 1 aromatic carbocycles. The van der Waals surface area contributed by atoms with Crippen molar-refractivity contribution in [3.8, 4) is 0 Å². The fourth-order valence-electron chi connectivity index (χ4n) is 2.96. The zero-order valence-electron chi connectivity index (χ0n) is 18.6. The maximum Gasteiger partial charge on any atom is 0.345 e. The van der Waals surface area contributed by atoms with Gasteiger partial charge in [0.1, 0.15) is 6.04 Å². The number of carbonyl (C=O) groups excluding carboxylic acids is 3. The minimum Gasteiger partial charge on any atom is -0.354 e. The van der Waals surface area contributed by atoms with Gasteiger partial charge in [-0.15, -0.1) is 0 Å². The molecule has 8 nitrogen and oxygen atoms in total. The minimum absolute atomic E-state index is 0.0552. The molecule has 1 aliphatic heterocycles. The van der Waals surface area contributed by atoms with Crippen LogP contribution in [0.25, 0.3) is 0 Å². The van der Waals surface area contributed by atoms with E-state index in [1.54, 1.807) is 18.2 Å². The van der Waals surface area contributed by atoms with Crippen LogP contribution in [-0.4, -0.2) is 48.6 Å². The summed E-state index contributed by atoms with van der Waals surface area (Å²) in [4.78, 5) is 42.6. The number of nitrogens with one attached hydrogen (secondary N) is 3. The number of nitrogens with zero attached hydrogens (tertiary/aromatic N) is 1. The Kier molecular flexibility index (Phi) is 10.0. The molecule has 0 aromatic heterocycles. The predicted octanol–water partition coefficient (Wildman–Crippen LogP) is 2.76. The van der Waals surface area contributed by atoms with E-state index in [9.17, 15) is 14.4 Å². The van der Waals surface area contributed by atoms with E-state index >= 15 is 0 Å². The average Bonchev–Trinajstić information content (AvgIpc) is 3.30. The van der Waals surface area contributed by atoms with Crippen LogP contribution in [0.2, 0.25) is 0 Å². The van der Waals surface area contributed by atoms with Crippen molar-refractivity contribution in [2.45, 2.75) is 52.5 Å². The number of carbonyl (C=O) groups is 3. The summed E-state index contributed by atoms with van der Waals surface area (Å²) in [5, 5.41) is 9.26. The minimum atomic E-state index is -0.907. The number of unbranched alkanes of at least 4 members (excludes halogenated alkanes) is 1. The van der Waals surface area contributed by atoms with Crippen LogP contribution >= 0.6 is 0 Å². The molecule has 2 rings (SSSR count). The van der Waals surface area contributed by atoms with Crippen molar-refractivity contribution in [1.29, 1.82) is 0 Å². The van der Waals surface area contributed by atoms with Crippen LogP contribution in [0.15, 0.2) is 36.5 Å². The molecular weight excluding hydrogens is 396 g/mol. The van der Waals surface area contributed by atoms with Crippen LogP contribution in [0.4, 0.5) is 4.79 Å². The number of aryl methyl sites for hydroxylation is 1. The highest BCUT2D eigenvalue weighted by molar-refractivity contribution is 5.97. The molecule has 170 valence electrons. The monoisotopic (exact) mass is 430 g/mol. The quantitative estimate of drug-likeness (QED) is 0.503. The van der Waals surface area contributed by atoms with Crippen LogP contribution in [-0.2, 0) is 16.1 Å². The Balaban J connectivity index is 1.98. The molecule has 0 aliphatic carbocycles. The third-order valence-electron chi connectivity index (χ3n) is 4.89. The lowest BCUT2D eigenvalue weighted by atomic mass is 10.1. The molecule has 1 aromatic rings. The Morgan fingerprint density at radius 3 is 2.48 bits per heavy atom. The standard InChI is InChI=1S/C23H34N4O4/c1-4-5-7-18-8-10-19(11-9-18)21(28)26-20(22(29)24-13-12-17(2)3)16-25-23(30)27-14-6-15-31-27/h6,8-11,14,17,20H,4-5,7,12-13,15-16H2,1-3H3,(H,24,29)(H,25,30)(H,26,28)/t20-/m0/s1. The molecule has 4 amide bonds. The molecule has 1 atom stereocenters. The highest BCUT2D eigenvalue weighted by atomic mass is 16.7. The SMILES string of the molecule is CCCCc1ccc(C(=O)N[C@@H](CNC(=O)N2C=CCO2)C(=O)NCCC(C)C)cc1. The summed E-state index contributed by atoms with van der Waals surface area (Å²) in [6.45, 7) is 7.04. The van der Waals surface area contributed by atoms with Gasteiger partial charge in [-0.25, -0.2) is 4.79 Å². The van der Waals surface area contributed by atoms with E-state index in [1.165, 1.54) is 11.8 Å². The van der Waals surface area contributed by atoms with Gasteiger partial charge in [0.15, 0.2) is 0 Å². The number of urea groups is 1. The summed E-state index contributed by atoms with van der Waals surface area (Å²) in [6.07, 6.45) is 7.20. The average molecular weight is 431 g/mol. The zero-order chi connectivity index (χ0) is 22.6. The number of hydroxylamine groups is 2. The second-order valence-corrected chi connectivity index (χ2v) is 7.99. The summed E-state index contributed by atoms with van der Waals surface area (Å²) < 4.78 is 0. The number of rotatable bonds is 11. The normalized spacial score (nSPS) is 13.9. The van der Waals surface area contributed by atoms with E-state index in [-0.39, 0.29) is 18.4 Å². The lowest BCUT2D eigenvalue weighted by molar-refractivity contribution is -0.122. The Morgan fingerprint density at radius 1 is 1.13 bits per heavy atom. The predicted molar refractivity (Wildman–Crippen MR) is 119 cm³/mol. The van der Waals surface area contributed by atoms with E-state index in [2.05, 4.69) is 36.7 Å². The first kappa shape index (κ1) is 24.4. The summed E-state index contributed by atoms with van der Waals surface area (Å²) in [5.74, 6) is -0.261. The van der Waals surface area contributed by atoms with Crippen molar-refractivity contribution < 1.29 is 19.2 Å². The first-order valence-corrected chi connectivity index (χ1v) is 10.9. The first-order chi connectivity index (χ1) is 14.9. The maximum absolute atomic E-state index is 12.7. The van der Waals surface area contributed by atoms with Crippen molar-refractivity contribution in [3.63, 3.8) is 0 Å². The number of amides is 4. The van der Waals surface area contributed by atoms with Gasteiger partial charge in [-0.2, -0.15) is 5.06 Å². The molecule has 0 radical (unpaired) electrons. The van der Waals surface area contributed by atoms with Crippen LogP contribution in [0.1, 0.15) is 56.0 Å². The molecule has 31 heavy (non-hydrogen) atoms. The van der Waals surface area contributed by atoms with Crippen LogP contribution in [0.5, 0.6) is 0 Å². The molecular formula is C23H34N4O4. The van der Waals surface area contributed by atoms with Gasteiger partial charge >= 0.3 is 6.03 Å². The van der Waals surface area contributed by atoms with Crippen molar-refractivity contribution in [2.24, 2.45) is 5.92 Å². The van der Waals surface area contributed by atoms with E-state index < -0.39 is 12.1 Å². The van der Waals surface area contributed by atoms with Crippen LogP contribution < -0.4 is 16.0 Å². The van der Waals surface area contributed by atoms with Crippen molar-refractivity contribution >= 4 is 17.8 Å². The molecule has 0 saturated carbocycles. The second-order valence-electron chi connectivity index (χ2n) is 7.99. The summed E-state index contributed by atoms with van der Waals surface area (Å²) >= 11 is 0. The van der Waals surface area contributed by atoms with Crippen LogP contribution in [0.3, 0.4) is 0 Å². The van der Waals surface area contributed by atoms with Crippen molar-refractivity contribution in [2.75, 3.05) is 19.7 Å². The summed E-state index contributed by atoms with van der Waals surface area (Å²) in [5.41, 5.74) is 1.64. The molecule has 0 saturated heterocycles. The van der Waals surface area contributed by atoms with Crippen molar-refractivity contribution in [3.05, 3.63) is 47.7 Å². The first-order valence-electron chi connectivity index (χ1n) is 10.9. The third kappa shape index (κ3) is 8.41. The third-order valence-corrected chi connectivity index (χ3v) is 4.89. The van der Waals surface area contributed by atoms with Crippen LogP contribution in [0, 0.1) is 5.92 Å². The smallest absolute Gasteiger partial charge is 0.345 e. The van der Waals surface area contributed by atoms with E-state index in [1.807, 2.05) is 12.1 Å². The molecule has 0 bridgehead atoms. The van der Waals surface area contributed by atoms with E-state index in [0.717, 1.165) is 30.7 Å². The van der Waals surface area contributed by atoms with Gasteiger partial charge < -0.3 is 16.0 Å². The van der Waals surface area contributed by atoms with Gasteiger partial charge in [-0.3, -0.25) is 14.4 Å². The Bertz CT molecular complexity index is 761. The van der Waals surface area contributed by atoms with E-state index in [4.69, 9.17) is 4.84 Å². The lowest BCUT2D eigenvalue weighted by Gasteiger charge is -2.21. The fourth-order valence-corrected chi connectivity index (χ4v) is 2.96. The van der Waals surface area contributed by atoms with Gasteiger partial charge in [-0.05, 0) is 49.0 Å². The molecule has 3 N–H and O–H groups in total. The largest absolute Gasteiger partial charge is 0.354 e. The second kappa shape index (κ2) is 12.7. The number of hydrogen-bond acceptors (Lipinski definition) is 4. The fraction of sp³-hybridized carbons (Fsp3) is 0.522. The van der Waals surface area contributed by atoms with Crippen molar-refractivity contribution in [1.82, 2.24) is 21.0 Å². The molecule has 1 aliphatic rings.